The molecular formula is C11H9ClN2O3. The average Bonchev–Trinajstić information content (AvgIpc) is 2.75. The van der Waals surface area contributed by atoms with Gasteiger partial charge in [-0.3, -0.25) is 0 Å². The van der Waals surface area contributed by atoms with Crippen LogP contribution in [-0.4, -0.2) is 21.0 Å². The topological polar surface area (TPSA) is 75.2 Å². The van der Waals surface area contributed by atoms with E-state index in [-0.39, 0.29) is 12.3 Å². The van der Waals surface area contributed by atoms with Crippen molar-refractivity contribution in [2.45, 2.75) is 6.61 Å². The molecule has 2 aromatic rings. The van der Waals surface area contributed by atoms with E-state index in [2.05, 4.69) is 9.97 Å². The van der Waals surface area contributed by atoms with E-state index >= 15 is 0 Å². The average molecular weight is 253 g/mol. The predicted octanol–water partition coefficient (Wildman–Crippen LogP) is 2.34. The van der Waals surface area contributed by atoms with Crippen molar-refractivity contribution in [3.05, 3.63) is 47.0 Å². The number of carbonyl (C=O) groups is 1. The number of H-pyrrole nitrogens is 1. The first-order chi connectivity index (χ1) is 8.15. The van der Waals surface area contributed by atoms with Gasteiger partial charge in [0, 0.05) is 5.02 Å². The van der Waals surface area contributed by atoms with E-state index in [1.165, 1.54) is 6.20 Å². The fraction of sp³-hybridized carbons (Fsp3) is 0.0909. The van der Waals surface area contributed by atoms with Crippen LogP contribution in [0.5, 0.6) is 5.75 Å². The minimum atomic E-state index is -1.05. The van der Waals surface area contributed by atoms with E-state index in [0.717, 1.165) is 0 Å². The van der Waals surface area contributed by atoms with Gasteiger partial charge in [0.1, 0.15) is 23.9 Å². The Kier molecular flexibility index (Phi) is 3.30. The zero-order valence-corrected chi connectivity index (χ0v) is 9.44. The van der Waals surface area contributed by atoms with Crippen LogP contribution in [0.3, 0.4) is 0 Å². The van der Waals surface area contributed by atoms with Gasteiger partial charge in [0.2, 0.25) is 0 Å². The highest BCUT2D eigenvalue weighted by Crippen LogP contribution is 2.17. The van der Waals surface area contributed by atoms with Crippen LogP contribution in [0.15, 0.2) is 30.5 Å². The summed E-state index contributed by atoms with van der Waals surface area (Å²) in [6, 6.07) is 6.93. The van der Waals surface area contributed by atoms with Crippen LogP contribution in [0.25, 0.3) is 0 Å². The van der Waals surface area contributed by atoms with E-state index in [9.17, 15) is 4.79 Å². The summed E-state index contributed by atoms with van der Waals surface area (Å²) in [5, 5.41) is 9.27. The molecular weight excluding hydrogens is 244 g/mol. The zero-order valence-electron chi connectivity index (χ0n) is 8.68. The molecule has 0 radical (unpaired) electrons. The summed E-state index contributed by atoms with van der Waals surface area (Å²) in [6.07, 6.45) is 1.25. The quantitative estimate of drug-likeness (QED) is 0.876. The second kappa shape index (κ2) is 4.88. The Balaban J connectivity index is 2.00. The number of imidazole rings is 1. The van der Waals surface area contributed by atoms with Crippen LogP contribution >= 0.6 is 11.6 Å². The third kappa shape index (κ3) is 2.98. The van der Waals surface area contributed by atoms with Crippen molar-refractivity contribution in [3.8, 4) is 5.75 Å². The van der Waals surface area contributed by atoms with Crippen molar-refractivity contribution >= 4 is 17.6 Å². The number of halogens is 1. The molecule has 0 saturated heterocycles. The molecule has 5 nitrogen and oxygen atoms in total. The maximum Gasteiger partial charge on any atom is 0.353 e. The van der Waals surface area contributed by atoms with Gasteiger partial charge in [0.25, 0.3) is 0 Å². The number of carboxylic acids is 1. The third-order valence-corrected chi connectivity index (χ3v) is 2.27. The number of hydrogen-bond acceptors (Lipinski definition) is 3. The van der Waals surface area contributed by atoms with Crippen molar-refractivity contribution in [1.29, 1.82) is 0 Å². The molecule has 2 rings (SSSR count). The second-order valence-corrected chi connectivity index (χ2v) is 3.73. The summed E-state index contributed by atoms with van der Waals surface area (Å²) in [5.74, 6) is -0.000318. The Labute approximate surface area is 102 Å². The minimum Gasteiger partial charge on any atom is -0.486 e. The summed E-state index contributed by atoms with van der Waals surface area (Å²) in [7, 11) is 0. The molecule has 0 saturated carbocycles. The number of benzene rings is 1. The third-order valence-electron chi connectivity index (χ3n) is 2.03. The first-order valence-electron chi connectivity index (χ1n) is 4.80. The van der Waals surface area contributed by atoms with Gasteiger partial charge in [0.05, 0.1) is 6.20 Å². The normalized spacial score (nSPS) is 10.2. The van der Waals surface area contributed by atoms with Crippen molar-refractivity contribution in [3.63, 3.8) is 0 Å². The number of carboxylic acid groups (broad SMARTS) is 1. The van der Waals surface area contributed by atoms with Crippen LogP contribution in [-0.2, 0) is 6.61 Å². The fourth-order valence-electron chi connectivity index (χ4n) is 1.25. The molecule has 88 valence electrons. The molecule has 0 unspecified atom stereocenters. The first kappa shape index (κ1) is 11.5. The SMILES string of the molecule is O=C(O)c1cnc(COc2cccc(Cl)c2)[nH]1. The molecule has 1 heterocycles. The summed E-state index contributed by atoms with van der Waals surface area (Å²) >= 11 is 5.79. The zero-order chi connectivity index (χ0) is 12.3. The highest BCUT2D eigenvalue weighted by Gasteiger charge is 2.07. The van der Waals surface area contributed by atoms with E-state index in [0.29, 0.717) is 16.6 Å². The Morgan fingerprint density at radius 2 is 2.35 bits per heavy atom. The second-order valence-electron chi connectivity index (χ2n) is 3.29. The Bertz CT molecular complexity index is 539. The molecule has 1 aromatic heterocycles. The van der Waals surface area contributed by atoms with Gasteiger partial charge in [-0.1, -0.05) is 17.7 Å². The number of aromatic nitrogens is 2. The van der Waals surface area contributed by atoms with Gasteiger partial charge in [-0.2, -0.15) is 0 Å². The van der Waals surface area contributed by atoms with Gasteiger partial charge < -0.3 is 14.8 Å². The lowest BCUT2D eigenvalue weighted by Crippen LogP contribution is -2.00. The van der Waals surface area contributed by atoms with Crippen LogP contribution in [0, 0.1) is 0 Å². The number of nitrogens with zero attached hydrogens (tertiary/aromatic N) is 1. The lowest BCUT2D eigenvalue weighted by Gasteiger charge is -2.03. The number of hydrogen-bond donors (Lipinski definition) is 2. The van der Waals surface area contributed by atoms with Crippen molar-refractivity contribution < 1.29 is 14.6 Å². The molecule has 0 amide bonds. The van der Waals surface area contributed by atoms with E-state index < -0.39 is 5.97 Å². The Morgan fingerprint density at radius 3 is 3.00 bits per heavy atom. The van der Waals surface area contributed by atoms with Crippen molar-refractivity contribution in [1.82, 2.24) is 9.97 Å². The van der Waals surface area contributed by atoms with Crippen molar-refractivity contribution in [2.75, 3.05) is 0 Å². The molecule has 6 heteroatoms. The largest absolute Gasteiger partial charge is 0.486 e. The summed E-state index contributed by atoms with van der Waals surface area (Å²) in [6.45, 7) is 0.160. The smallest absolute Gasteiger partial charge is 0.353 e. The number of rotatable bonds is 4. The molecule has 0 aliphatic carbocycles. The highest BCUT2D eigenvalue weighted by atomic mass is 35.5. The van der Waals surface area contributed by atoms with Gasteiger partial charge in [-0.25, -0.2) is 9.78 Å². The minimum absolute atomic E-state index is 0.0368. The van der Waals surface area contributed by atoms with Crippen LogP contribution in [0.2, 0.25) is 5.02 Å². The van der Waals surface area contributed by atoms with Gasteiger partial charge in [-0.15, -0.1) is 0 Å². The lowest BCUT2D eigenvalue weighted by atomic mass is 10.3. The predicted molar refractivity (Wildman–Crippen MR) is 61.3 cm³/mol. The first-order valence-corrected chi connectivity index (χ1v) is 5.18. The summed E-state index contributed by atoms with van der Waals surface area (Å²) in [4.78, 5) is 17.1. The van der Waals surface area contributed by atoms with Crippen LogP contribution in [0.1, 0.15) is 16.3 Å². The fourth-order valence-corrected chi connectivity index (χ4v) is 1.43. The highest BCUT2D eigenvalue weighted by molar-refractivity contribution is 6.30. The monoisotopic (exact) mass is 252 g/mol. The van der Waals surface area contributed by atoms with Crippen LogP contribution < -0.4 is 4.74 Å². The molecule has 2 N–H and O–H groups in total. The van der Waals surface area contributed by atoms with Crippen molar-refractivity contribution in [2.24, 2.45) is 0 Å². The van der Waals surface area contributed by atoms with Gasteiger partial charge in [-0.05, 0) is 18.2 Å². The van der Waals surface area contributed by atoms with Gasteiger partial charge >= 0.3 is 5.97 Å². The van der Waals surface area contributed by atoms with E-state index in [1.54, 1.807) is 24.3 Å². The molecule has 17 heavy (non-hydrogen) atoms. The lowest BCUT2D eigenvalue weighted by molar-refractivity contribution is 0.0691. The number of nitrogens with one attached hydrogen (secondary N) is 1. The molecule has 0 aliphatic heterocycles. The molecule has 0 fully saturated rings. The molecule has 0 spiro atoms. The molecule has 0 atom stereocenters. The number of aromatic amines is 1. The molecule has 0 aliphatic rings. The standard InChI is InChI=1S/C11H9ClN2O3/c12-7-2-1-3-8(4-7)17-6-10-13-5-9(14-10)11(15)16/h1-5H,6H2,(H,13,14)(H,15,16). The summed E-state index contributed by atoms with van der Waals surface area (Å²) < 4.78 is 5.39. The van der Waals surface area contributed by atoms with Gasteiger partial charge in [0.15, 0.2) is 0 Å². The molecule has 1 aromatic carbocycles. The maximum atomic E-state index is 10.6. The Morgan fingerprint density at radius 1 is 1.53 bits per heavy atom. The number of ether oxygens (including phenoxy) is 1. The Hall–Kier alpha value is -2.01. The molecule has 0 bridgehead atoms. The summed E-state index contributed by atoms with van der Waals surface area (Å²) in [5.41, 5.74) is 0.0368. The van der Waals surface area contributed by atoms with E-state index in [4.69, 9.17) is 21.4 Å². The van der Waals surface area contributed by atoms with E-state index in [1.807, 2.05) is 0 Å². The maximum absolute atomic E-state index is 10.6. The number of aromatic carboxylic acids is 1. The van der Waals surface area contributed by atoms with Crippen LogP contribution in [0.4, 0.5) is 0 Å².